The number of hydrogen-bond acceptors (Lipinski definition) is 6. The second-order valence-electron chi connectivity index (χ2n) is 4.56. The minimum absolute atomic E-state index is 0.206. The molecule has 0 atom stereocenters. The topological polar surface area (TPSA) is 121 Å². The van der Waals surface area contributed by atoms with E-state index in [0.29, 0.717) is 24.7 Å². The van der Waals surface area contributed by atoms with Crippen LogP contribution in [0, 0.1) is 0 Å². The van der Waals surface area contributed by atoms with Gasteiger partial charge < -0.3 is 21.7 Å². The molecule has 0 aliphatic carbocycles. The lowest BCUT2D eigenvalue weighted by Crippen LogP contribution is -2.38. The minimum atomic E-state index is -0.206. The predicted molar refractivity (Wildman–Crippen MR) is 99.9 cm³/mol. The molecule has 0 fully saturated rings. The van der Waals surface area contributed by atoms with E-state index in [9.17, 15) is 9.59 Å². The van der Waals surface area contributed by atoms with Crippen molar-refractivity contribution in [2.45, 2.75) is 39.5 Å². The van der Waals surface area contributed by atoms with E-state index in [0.717, 1.165) is 25.7 Å². The van der Waals surface area contributed by atoms with E-state index in [4.69, 9.17) is 5.73 Å². The van der Waals surface area contributed by atoms with Crippen LogP contribution in [0.25, 0.3) is 0 Å². The number of nitrogens with one attached hydrogen (secondary N) is 4. The molecule has 0 aromatic heterocycles. The molecule has 0 bridgehead atoms. The molecular weight excluding hydrogens is 308 g/mol. The van der Waals surface area contributed by atoms with Gasteiger partial charge in [-0.3, -0.25) is 5.32 Å². The van der Waals surface area contributed by atoms with Gasteiger partial charge in [-0.1, -0.05) is 39.8 Å². The smallest absolute Gasteiger partial charge is 0.320 e. The van der Waals surface area contributed by atoms with E-state index in [1.54, 1.807) is 14.1 Å². The Morgan fingerprint density at radius 2 is 1.67 bits per heavy atom. The van der Waals surface area contributed by atoms with Gasteiger partial charge >= 0.3 is 6.03 Å². The van der Waals surface area contributed by atoms with Gasteiger partial charge in [0.15, 0.2) is 0 Å². The minimum Gasteiger partial charge on any atom is -0.386 e. The molecule has 0 aromatic rings. The van der Waals surface area contributed by atoms with Crippen molar-refractivity contribution in [1.82, 2.24) is 21.3 Å². The van der Waals surface area contributed by atoms with Crippen molar-refractivity contribution in [1.29, 1.82) is 0 Å². The van der Waals surface area contributed by atoms with Gasteiger partial charge in [0.05, 0.1) is 18.2 Å². The first kappa shape index (κ1) is 26.4. The van der Waals surface area contributed by atoms with Crippen molar-refractivity contribution in [3.63, 3.8) is 0 Å². The summed E-state index contributed by atoms with van der Waals surface area (Å²) in [7, 11) is 3.43. The summed E-state index contributed by atoms with van der Waals surface area (Å²) in [6, 6.07) is -0.206. The third-order valence-electron chi connectivity index (χ3n) is 2.39. The Labute approximate surface area is 146 Å². The van der Waals surface area contributed by atoms with E-state index in [1.807, 2.05) is 0 Å². The Hall–Kier alpha value is -2.47. The molecule has 8 nitrogen and oxygen atoms in total. The number of hydrogen-bond donors (Lipinski definition) is 5. The number of unbranched alkanes of at least 4 members (excludes halogenated alkanes) is 2. The van der Waals surface area contributed by atoms with Gasteiger partial charge in [0, 0.05) is 20.6 Å². The van der Waals surface area contributed by atoms with Crippen molar-refractivity contribution in [3.05, 3.63) is 24.8 Å². The van der Waals surface area contributed by atoms with E-state index in [1.165, 1.54) is 6.08 Å². The normalized spacial score (nSPS) is 8.00. The van der Waals surface area contributed by atoms with Crippen LogP contribution in [0.3, 0.4) is 0 Å². The summed E-state index contributed by atoms with van der Waals surface area (Å²) in [5.41, 5.74) is 4.99. The first-order chi connectivity index (χ1) is 11.4. The number of urea groups is 1. The van der Waals surface area contributed by atoms with Crippen LogP contribution in [0.2, 0.25) is 0 Å². The lowest BCUT2D eigenvalue weighted by atomic mass is 10.3. The van der Waals surface area contributed by atoms with Gasteiger partial charge in [0.1, 0.15) is 0 Å². The Morgan fingerprint density at radius 1 is 1.12 bits per heavy atom. The predicted octanol–water partition coefficient (Wildman–Crippen LogP) is 1.53. The van der Waals surface area contributed by atoms with Crippen LogP contribution in [0.4, 0.5) is 4.79 Å². The van der Waals surface area contributed by atoms with Gasteiger partial charge in [-0.05, 0) is 12.8 Å². The van der Waals surface area contributed by atoms with Gasteiger partial charge in [-0.15, -0.1) is 0 Å². The van der Waals surface area contributed by atoms with Gasteiger partial charge in [0.2, 0.25) is 6.08 Å². The largest absolute Gasteiger partial charge is 0.386 e. The van der Waals surface area contributed by atoms with Crippen LogP contribution < -0.4 is 27.0 Å². The first-order valence-corrected chi connectivity index (χ1v) is 7.96. The monoisotopic (exact) mass is 342 g/mol. The lowest BCUT2D eigenvalue weighted by Gasteiger charge is -2.08. The standard InChI is InChI=1S/C8H17N3O.C5H9NO.C3H8N2/c1-4-5-6-10-8(12)11-7(2)9-3;1-2-3-4-6-5-7;1-3(4)5-2/h9H,2,4-6H2,1,3H3,(H2,10,11,12);2-4H2,1H3;5H,1,4H2,2H3. The molecule has 24 heavy (non-hydrogen) atoms. The van der Waals surface area contributed by atoms with Gasteiger partial charge in [0.25, 0.3) is 0 Å². The first-order valence-electron chi connectivity index (χ1n) is 7.96. The number of carbonyl (C=O) groups excluding carboxylic acids is 2. The second-order valence-corrected chi connectivity index (χ2v) is 4.56. The molecule has 0 unspecified atom stereocenters. The summed E-state index contributed by atoms with van der Waals surface area (Å²) in [4.78, 5) is 23.7. The SMILES string of the molecule is C=C(N)NC.C=C(NC)NC(=O)NCCCC.CCCCN=C=O. The molecule has 140 valence electrons. The highest BCUT2D eigenvalue weighted by Gasteiger charge is 1.98. The zero-order valence-electron chi connectivity index (χ0n) is 15.5. The number of nitrogens with zero attached hydrogens (tertiary/aromatic N) is 1. The molecule has 0 radical (unpaired) electrons. The summed E-state index contributed by atoms with van der Waals surface area (Å²) >= 11 is 0. The van der Waals surface area contributed by atoms with Crippen molar-refractivity contribution in [2.24, 2.45) is 10.7 Å². The molecule has 0 aliphatic heterocycles. The van der Waals surface area contributed by atoms with Crippen molar-refractivity contribution in [2.75, 3.05) is 27.2 Å². The van der Waals surface area contributed by atoms with Crippen LogP contribution in [-0.4, -0.2) is 39.3 Å². The number of isocyanates is 1. The van der Waals surface area contributed by atoms with Crippen molar-refractivity contribution >= 4 is 12.1 Å². The molecule has 8 heteroatoms. The van der Waals surface area contributed by atoms with Gasteiger partial charge in [-0.25, -0.2) is 14.6 Å². The second kappa shape index (κ2) is 22.8. The van der Waals surface area contributed by atoms with E-state index < -0.39 is 0 Å². The zero-order chi connectivity index (χ0) is 19.2. The number of nitrogens with two attached hydrogens (primary N) is 1. The fraction of sp³-hybridized carbons (Fsp3) is 0.625. The molecule has 0 heterocycles. The maximum Gasteiger partial charge on any atom is 0.320 e. The fourth-order valence-electron chi connectivity index (χ4n) is 0.905. The fourth-order valence-corrected chi connectivity index (χ4v) is 0.905. The molecule has 0 aliphatic rings. The number of carbonyl (C=O) groups is 1. The molecular formula is C16H34N6O2. The summed E-state index contributed by atoms with van der Waals surface area (Å²) in [5.74, 6) is 1.01. The Morgan fingerprint density at radius 3 is 2.04 bits per heavy atom. The van der Waals surface area contributed by atoms with Crippen molar-refractivity contribution < 1.29 is 9.59 Å². The Kier molecular flexibility index (Phi) is 25.1. The molecule has 0 rings (SSSR count). The maximum absolute atomic E-state index is 11.0. The highest BCUT2D eigenvalue weighted by atomic mass is 16.2. The maximum atomic E-state index is 11.0. The van der Waals surface area contributed by atoms with Crippen LogP contribution in [0.5, 0.6) is 0 Å². The Bertz CT molecular complexity index is 379. The number of aliphatic imine (C=N–C) groups is 1. The quantitative estimate of drug-likeness (QED) is 0.247. The molecule has 0 saturated heterocycles. The number of amides is 2. The van der Waals surface area contributed by atoms with Crippen LogP contribution >= 0.6 is 0 Å². The van der Waals surface area contributed by atoms with Gasteiger partial charge in [-0.2, -0.15) is 0 Å². The van der Waals surface area contributed by atoms with E-state index in [-0.39, 0.29) is 6.03 Å². The van der Waals surface area contributed by atoms with Crippen LogP contribution in [0.15, 0.2) is 29.8 Å². The highest BCUT2D eigenvalue weighted by Crippen LogP contribution is 1.83. The molecule has 2 amide bonds. The third-order valence-corrected chi connectivity index (χ3v) is 2.39. The zero-order valence-corrected chi connectivity index (χ0v) is 15.5. The van der Waals surface area contributed by atoms with Crippen LogP contribution in [0.1, 0.15) is 39.5 Å². The molecule has 0 spiro atoms. The average molecular weight is 342 g/mol. The van der Waals surface area contributed by atoms with Crippen molar-refractivity contribution in [3.8, 4) is 0 Å². The molecule has 6 N–H and O–H groups in total. The molecule has 0 aromatic carbocycles. The van der Waals surface area contributed by atoms with E-state index >= 15 is 0 Å². The average Bonchev–Trinajstić information content (AvgIpc) is 2.56. The molecule has 0 saturated carbocycles. The summed E-state index contributed by atoms with van der Waals surface area (Å²) < 4.78 is 0. The highest BCUT2D eigenvalue weighted by molar-refractivity contribution is 5.75. The summed E-state index contributed by atoms with van der Waals surface area (Å²) in [6.45, 7) is 12.4. The summed E-state index contributed by atoms with van der Waals surface area (Å²) in [5, 5.41) is 10.6. The van der Waals surface area contributed by atoms with E-state index in [2.05, 4.69) is 53.3 Å². The Balaban J connectivity index is -0.000000311. The lowest BCUT2D eigenvalue weighted by molar-refractivity contribution is 0.242. The number of rotatable bonds is 9. The third kappa shape index (κ3) is 31.8. The van der Waals surface area contributed by atoms with Crippen LogP contribution in [-0.2, 0) is 4.79 Å². The summed E-state index contributed by atoms with van der Waals surface area (Å²) in [6.07, 6.45) is 5.64.